The van der Waals surface area contributed by atoms with Crippen LogP contribution in [-0.4, -0.2) is 7.11 Å². The molecule has 2 nitrogen and oxygen atoms in total. The van der Waals surface area contributed by atoms with Crippen molar-refractivity contribution in [2.45, 2.75) is 44.1 Å². The van der Waals surface area contributed by atoms with Crippen LogP contribution in [0.15, 0.2) is 66.7 Å². The third-order valence-electron chi connectivity index (χ3n) is 9.02. The zero-order valence-electron chi connectivity index (χ0n) is 18.7. The van der Waals surface area contributed by atoms with E-state index in [2.05, 4.69) is 72.8 Å². The number of methoxy groups -OCH3 is 1. The van der Waals surface area contributed by atoms with Gasteiger partial charge in [0, 0.05) is 21.9 Å². The first-order valence-corrected chi connectivity index (χ1v) is 12.2. The summed E-state index contributed by atoms with van der Waals surface area (Å²) in [7, 11) is 1.74. The molecule has 4 aliphatic carbocycles. The molecule has 0 radical (unpaired) electrons. The van der Waals surface area contributed by atoms with Crippen molar-refractivity contribution in [1.82, 2.24) is 0 Å². The molecule has 1 heterocycles. The van der Waals surface area contributed by atoms with E-state index in [-0.39, 0.29) is 5.41 Å². The van der Waals surface area contributed by atoms with Crippen molar-refractivity contribution in [2.24, 2.45) is 23.2 Å². The molecule has 4 fully saturated rings. The van der Waals surface area contributed by atoms with Crippen LogP contribution in [-0.2, 0) is 5.60 Å². The normalized spacial score (nSPS) is 34.3. The molecule has 4 bridgehead atoms. The van der Waals surface area contributed by atoms with E-state index in [1.807, 2.05) is 0 Å². The SMILES string of the molecule is COc1ccc(C2(C34CC5CC(CC(C5)C3)C4)C=Cc3ccc4ccccc4c3O2)cc1. The highest BCUT2D eigenvalue weighted by Crippen LogP contribution is 2.68. The summed E-state index contributed by atoms with van der Waals surface area (Å²) in [6, 6.07) is 21.8. The van der Waals surface area contributed by atoms with Crippen molar-refractivity contribution in [3.05, 3.63) is 77.9 Å². The van der Waals surface area contributed by atoms with Gasteiger partial charge in [0.1, 0.15) is 11.5 Å². The summed E-state index contributed by atoms with van der Waals surface area (Å²) in [5.41, 5.74) is 2.21. The van der Waals surface area contributed by atoms with Crippen molar-refractivity contribution < 1.29 is 9.47 Å². The Bertz CT molecular complexity index is 1190. The number of ether oxygens (including phenoxy) is 2. The largest absolute Gasteiger partial charge is 0.497 e. The number of rotatable bonds is 3. The Morgan fingerprint density at radius 1 is 0.812 bits per heavy atom. The van der Waals surface area contributed by atoms with Crippen LogP contribution in [0.1, 0.15) is 49.7 Å². The highest BCUT2D eigenvalue weighted by molar-refractivity contribution is 5.92. The zero-order valence-corrected chi connectivity index (χ0v) is 18.7. The Kier molecular flexibility index (Phi) is 3.90. The lowest BCUT2D eigenvalue weighted by molar-refractivity contribution is -0.149. The predicted molar refractivity (Wildman–Crippen MR) is 129 cm³/mol. The van der Waals surface area contributed by atoms with Gasteiger partial charge in [-0.15, -0.1) is 0 Å². The summed E-state index contributed by atoms with van der Waals surface area (Å²) >= 11 is 0. The first-order chi connectivity index (χ1) is 15.7. The van der Waals surface area contributed by atoms with Gasteiger partial charge in [0.15, 0.2) is 5.60 Å². The van der Waals surface area contributed by atoms with Gasteiger partial charge in [-0.25, -0.2) is 0 Å². The lowest BCUT2D eigenvalue weighted by Crippen LogP contribution is -2.58. The summed E-state index contributed by atoms with van der Waals surface area (Å²) in [4.78, 5) is 0. The zero-order chi connectivity index (χ0) is 21.3. The maximum Gasteiger partial charge on any atom is 0.158 e. The Morgan fingerprint density at radius 3 is 2.19 bits per heavy atom. The van der Waals surface area contributed by atoms with Crippen LogP contribution in [0.2, 0.25) is 0 Å². The monoisotopic (exact) mass is 422 g/mol. The van der Waals surface area contributed by atoms with Gasteiger partial charge in [0.2, 0.25) is 0 Å². The van der Waals surface area contributed by atoms with Gasteiger partial charge >= 0.3 is 0 Å². The summed E-state index contributed by atoms with van der Waals surface area (Å²) < 4.78 is 12.8. The molecule has 2 heteroatoms. The lowest BCUT2D eigenvalue weighted by Gasteiger charge is -2.63. The van der Waals surface area contributed by atoms with E-state index in [4.69, 9.17) is 9.47 Å². The minimum atomic E-state index is -0.424. The van der Waals surface area contributed by atoms with E-state index in [1.165, 1.54) is 60.4 Å². The molecule has 32 heavy (non-hydrogen) atoms. The third kappa shape index (κ3) is 2.53. The standard InChI is InChI=1S/C30H30O2/c1-31-26-10-8-25(9-11-26)30(29-17-20-14-21(18-29)16-22(15-20)19-29)13-12-24-7-6-23-4-2-3-5-27(23)28(24)32-30/h2-13,20-22H,14-19H2,1H3. The van der Waals surface area contributed by atoms with E-state index in [9.17, 15) is 0 Å². The Hall–Kier alpha value is -2.74. The molecule has 5 aliphatic rings. The molecule has 3 aromatic carbocycles. The quantitative estimate of drug-likeness (QED) is 0.439. The second-order valence-electron chi connectivity index (χ2n) is 10.8. The van der Waals surface area contributed by atoms with Gasteiger partial charge in [-0.3, -0.25) is 0 Å². The molecule has 8 rings (SSSR count). The molecule has 3 aromatic rings. The molecule has 1 unspecified atom stereocenters. The van der Waals surface area contributed by atoms with Crippen LogP contribution >= 0.6 is 0 Å². The third-order valence-corrected chi connectivity index (χ3v) is 9.02. The average molecular weight is 423 g/mol. The molecule has 0 saturated heterocycles. The highest BCUT2D eigenvalue weighted by Gasteiger charge is 2.62. The summed E-state index contributed by atoms with van der Waals surface area (Å²) in [5, 5.41) is 2.47. The van der Waals surface area contributed by atoms with Crippen molar-refractivity contribution >= 4 is 16.8 Å². The van der Waals surface area contributed by atoms with Gasteiger partial charge in [-0.2, -0.15) is 0 Å². The lowest BCUT2D eigenvalue weighted by atomic mass is 9.44. The van der Waals surface area contributed by atoms with Crippen molar-refractivity contribution in [1.29, 1.82) is 0 Å². The molecule has 0 aromatic heterocycles. The molecular weight excluding hydrogens is 392 g/mol. The molecule has 1 aliphatic heterocycles. The summed E-state index contributed by atoms with van der Waals surface area (Å²) in [6.45, 7) is 0. The minimum Gasteiger partial charge on any atom is -0.497 e. The molecule has 0 amide bonds. The molecule has 1 atom stereocenters. The first kappa shape index (κ1) is 18.8. The van der Waals surface area contributed by atoms with E-state index >= 15 is 0 Å². The molecule has 0 N–H and O–H groups in total. The summed E-state index contributed by atoms with van der Waals surface area (Å²) in [6.07, 6.45) is 12.9. The minimum absolute atomic E-state index is 0.168. The fourth-order valence-electron chi connectivity index (χ4n) is 8.06. The van der Waals surface area contributed by atoms with Gasteiger partial charge in [-0.1, -0.05) is 54.6 Å². The second-order valence-corrected chi connectivity index (χ2v) is 10.8. The Balaban J connectivity index is 1.45. The smallest absolute Gasteiger partial charge is 0.158 e. The van der Waals surface area contributed by atoms with Crippen LogP contribution in [0, 0.1) is 23.2 Å². The van der Waals surface area contributed by atoms with Crippen molar-refractivity contribution in [2.75, 3.05) is 7.11 Å². The van der Waals surface area contributed by atoms with Crippen LogP contribution in [0.5, 0.6) is 11.5 Å². The van der Waals surface area contributed by atoms with Gasteiger partial charge in [0.05, 0.1) is 7.11 Å². The molecular formula is C30H30O2. The van der Waals surface area contributed by atoms with Crippen LogP contribution in [0.4, 0.5) is 0 Å². The van der Waals surface area contributed by atoms with E-state index in [0.717, 1.165) is 29.3 Å². The molecule has 162 valence electrons. The first-order valence-electron chi connectivity index (χ1n) is 12.2. The van der Waals surface area contributed by atoms with Gasteiger partial charge < -0.3 is 9.47 Å². The van der Waals surface area contributed by atoms with E-state index in [0.29, 0.717) is 0 Å². The van der Waals surface area contributed by atoms with Gasteiger partial charge in [-0.05, 0) is 79.9 Å². The number of benzene rings is 3. The average Bonchev–Trinajstić information content (AvgIpc) is 2.83. The Labute approximate surface area is 190 Å². The second kappa shape index (κ2) is 6.63. The fraction of sp³-hybridized carbons (Fsp3) is 0.400. The van der Waals surface area contributed by atoms with Crippen LogP contribution < -0.4 is 9.47 Å². The fourth-order valence-corrected chi connectivity index (χ4v) is 8.06. The van der Waals surface area contributed by atoms with Gasteiger partial charge in [0.25, 0.3) is 0 Å². The Morgan fingerprint density at radius 2 is 1.50 bits per heavy atom. The van der Waals surface area contributed by atoms with Crippen molar-refractivity contribution in [3.63, 3.8) is 0 Å². The van der Waals surface area contributed by atoms with Crippen LogP contribution in [0.25, 0.3) is 16.8 Å². The van der Waals surface area contributed by atoms with E-state index < -0.39 is 5.60 Å². The van der Waals surface area contributed by atoms with Crippen molar-refractivity contribution in [3.8, 4) is 11.5 Å². The summed E-state index contributed by atoms with van der Waals surface area (Å²) in [5.74, 6) is 4.55. The van der Waals surface area contributed by atoms with Crippen LogP contribution in [0.3, 0.4) is 0 Å². The topological polar surface area (TPSA) is 18.5 Å². The molecule has 4 saturated carbocycles. The maximum atomic E-state index is 7.35. The number of hydrogen-bond donors (Lipinski definition) is 0. The molecule has 0 spiro atoms. The highest BCUT2D eigenvalue weighted by atomic mass is 16.5. The number of fused-ring (bicyclic) bond motifs is 3. The number of hydrogen-bond acceptors (Lipinski definition) is 2. The predicted octanol–water partition coefficient (Wildman–Crippen LogP) is 7.37. The maximum absolute atomic E-state index is 7.35. The van der Waals surface area contributed by atoms with E-state index in [1.54, 1.807) is 7.11 Å².